The zero-order chi connectivity index (χ0) is 14.8. The second-order valence-electron chi connectivity index (χ2n) is 4.27. The van der Waals surface area contributed by atoms with Crippen LogP contribution < -0.4 is 10.0 Å². The molecule has 1 aromatic heterocycles. The summed E-state index contributed by atoms with van der Waals surface area (Å²) in [7, 11) is -2.29. The Hall–Kier alpha value is -1.86. The van der Waals surface area contributed by atoms with Crippen molar-refractivity contribution < 1.29 is 17.2 Å². The molecule has 20 heavy (non-hydrogen) atoms. The standard InChI is InChI=1S/C13H15FN2O3S/c1-9-3-5-11(14)12(7-9)16-8-10-4-6-13(19-10)20(17,18)15-2/h3-7,15-16H,8H2,1-2H3. The fourth-order valence-electron chi connectivity index (χ4n) is 1.66. The fourth-order valence-corrected chi connectivity index (χ4v) is 2.32. The van der Waals surface area contributed by atoms with Gasteiger partial charge in [-0.3, -0.25) is 0 Å². The van der Waals surface area contributed by atoms with Crippen molar-refractivity contribution in [2.24, 2.45) is 0 Å². The summed E-state index contributed by atoms with van der Waals surface area (Å²) in [6.07, 6.45) is 0. The number of hydrogen-bond donors (Lipinski definition) is 2. The van der Waals surface area contributed by atoms with Gasteiger partial charge in [-0.15, -0.1) is 0 Å². The molecule has 5 nitrogen and oxygen atoms in total. The molecule has 0 atom stereocenters. The summed E-state index contributed by atoms with van der Waals surface area (Å²) in [6.45, 7) is 2.05. The van der Waals surface area contributed by atoms with Crippen molar-refractivity contribution in [2.75, 3.05) is 12.4 Å². The van der Waals surface area contributed by atoms with Crippen LogP contribution in [0.25, 0.3) is 0 Å². The molecule has 0 bridgehead atoms. The molecule has 7 heteroatoms. The monoisotopic (exact) mass is 298 g/mol. The first-order chi connectivity index (χ1) is 9.42. The van der Waals surface area contributed by atoms with Gasteiger partial charge in [0.2, 0.25) is 5.09 Å². The van der Waals surface area contributed by atoms with E-state index in [1.807, 2.05) is 6.92 Å². The van der Waals surface area contributed by atoms with Gasteiger partial charge in [0.25, 0.3) is 10.0 Å². The Balaban J connectivity index is 2.10. The number of aryl methyl sites for hydroxylation is 1. The van der Waals surface area contributed by atoms with Crippen molar-refractivity contribution in [2.45, 2.75) is 18.6 Å². The van der Waals surface area contributed by atoms with Gasteiger partial charge in [-0.2, -0.15) is 0 Å². The van der Waals surface area contributed by atoms with Crippen LogP contribution >= 0.6 is 0 Å². The lowest BCUT2D eigenvalue weighted by molar-refractivity contribution is 0.417. The molecule has 0 fully saturated rings. The van der Waals surface area contributed by atoms with Gasteiger partial charge in [-0.1, -0.05) is 6.07 Å². The molecule has 0 amide bonds. The number of sulfonamides is 1. The van der Waals surface area contributed by atoms with E-state index < -0.39 is 10.0 Å². The highest BCUT2D eigenvalue weighted by atomic mass is 32.2. The number of nitrogens with one attached hydrogen (secondary N) is 2. The predicted octanol–water partition coefficient (Wildman–Crippen LogP) is 2.25. The van der Waals surface area contributed by atoms with Crippen molar-refractivity contribution in [3.63, 3.8) is 0 Å². The van der Waals surface area contributed by atoms with E-state index >= 15 is 0 Å². The number of furan rings is 1. The van der Waals surface area contributed by atoms with Crippen LogP contribution in [0.15, 0.2) is 39.8 Å². The van der Waals surface area contributed by atoms with E-state index in [0.29, 0.717) is 11.4 Å². The largest absolute Gasteiger partial charge is 0.446 e. The van der Waals surface area contributed by atoms with Gasteiger partial charge in [-0.25, -0.2) is 17.5 Å². The Morgan fingerprint density at radius 3 is 2.70 bits per heavy atom. The van der Waals surface area contributed by atoms with Gasteiger partial charge in [0.1, 0.15) is 11.6 Å². The molecule has 0 radical (unpaired) electrons. The van der Waals surface area contributed by atoms with E-state index in [1.165, 1.54) is 25.2 Å². The number of halogens is 1. The fraction of sp³-hybridized carbons (Fsp3) is 0.231. The number of benzene rings is 1. The van der Waals surface area contributed by atoms with Crippen LogP contribution in [0.3, 0.4) is 0 Å². The maximum atomic E-state index is 13.5. The summed E-state index contributed by atoms with van der Waals surface area (Å²) in [5.41, 5.74) is 1.27. The highest BCUT2D eigenvalue weighted by Gasteiger charge is 2.16. The molecular weight excluding hydrogens is 283 g/mol. The number of hydrogen-bond acceptors (Lipinski definition) is 4. The maximum Gasteiger partial charge on any atom is 0.273 e. The van der Waals surface area contributed by atoms with Crippen molar-refractivity contribution in [1.82, 2.24) is 4.72 Å². The molecule has 2 aromatic rings. The van der Waals surface area contributed by atoms with Crippen molar-refractivity contribution in [1.29, 1.82) is 0 Å². The summed E-state index contributed by atoms with van der Waals surface area (Å²) in [5.74, 6) is 0.0324. The number of anilines is 1. The maximum absolute atomic E-state index is 13.5. The third-order valence-electron chi connectivity index (χ3n) is 2.75. The molecule has 1 heterocycles. The summed E-state index contributed by atoms with van der Waals surface area (Å²) in [5, 5.41) is 2.70. The van der Waals surface area contributed by atoms with E-state index in [2.05, 4.69) is 10.0 Å². The Bertz CT molecular complexity index is 710. The molecule has 108 valence electrons. The second kappa shape index (κ2) is 5.64. The van der Waals surface area contributed by atoms with Gasteiger partial charge in [0.15, 0.2) is 0 Å². The van der Waals surface area contributed by atoms with Crippen LogP contribution in [0.4, 0.5) is 10.1 Å². The first-order valence-corrected chi connectivity index (χ1v) is 7.43. The lowest BCUT2D eigenvalue weighted by Crippen LogP contribution is -2.17. The molecule has 1 aromatic carbocycles. The minimum absolute atomic E-state index is 0.165. The first kappa shape index (κ1) is 14.5. The normalized spacial score (nSPS) is 11.6. The number of rotatable bonds is 5. The summed E-state index contributed by atoms with van der Waals surface area (Å²) >= 11 is 0. The molecule has 0 aliphatic rings. The van der Waals surface area contributed by atoms with Gasteiger partial charge in [0.05, 0.1) is 12.2 Å². The minimum Gasteiger partial charge on any atom is -0.446 e. The molecule has 0 aliphatic heterocycles. The topological polar surface area (TPSA) is 71.3 Å². The van der Waals surface area contributed by atoms with Crippen LogP contribution in [-0.2, 0) is 16.6 Å². The molecule has 0 saturated carbocycles. The van der Waals surface area contributed by atoms with Crippen molar-refractivity contribution >= 4 is 15.7 Å². The third-order valence-corrected chi connectivity index (χ3v) is 4.03. The molecule has 0 unspecified atom stereocenters. The van der Waals surface area contributed by atoms with E-state index in [4.69, 9.17) is 4.42 Å². The molecule has 2 N–H and O–H groups in total. The average molecular weight is 298 g/mol. The highest BCUT2D eigenvalue weighted by molar-refractivity contribution is 7.89. The van der Waals surface area contributed by atoms with Crippen LogP contribution in [0.1, 0.15) is 11.3 Å². The van der Waals surface area contributed by atoms with E-state index in [9.17, 15) is 12.8 Å². The van der Waals surface area contributed by atoms with E-state index in [-0.39, 0.29) is 17.5 Å². The van der Waals surface area contributed by atoms with Gasteiger partial charge < -0.3 is 9.73 Å². The van der Waals surface area contributed by atoms with Gasteiger partial charge in [0, 0.05) is 0 Å². The molecule has 0 saturated heterocycles. The molecule has 2 rings (SSSR count). The van der Waals surface area contributed by atoms with Crippen LogP contribution in [0, 0.1) is 12.7 Å². The Labute approximate surface area is 116 Å². The average Bonchev–Trinajstić information content (AvgIpc) is 2.89. The van der Waals surface area contributed by atoms with Crippen LogP contribution in [0.5, 0.6) is 0 Å². The Morgan fingerprint density at radius 2 is 2.00 bits per heavy atom. The highest BCUT2D eigenvalue weighted by Crippen LogP contribution is 2.18. The zero-order valence-corrected chi connectivity index (χ0v) is 11.9. The smallest absolute Gasteiger partial charge is 0.273 e. The molecular formula is C13H15FN2O3S. The van der Waals surface area contributed by atoms with Gasteiger partial charge in [-0.05, 0) is 43.8 Å². The Morgan fingerprint density at radius 1 is 1.25 bits per heavy atom. The first-order valence-electron chi connectivity index (χ1n) is 5.94. The quantitative estimate of drug-likeness (QED) is 0.888. The zero-order valence-electron chi connectivity index (χ0n) is 11.1. The van der Waals surface area contributed by atoms with Crippen molar-refractivity contribution in [3.05, 3.63) is 47.5 Å². The third kappa shape index (κ3) is 3.17. The SMILES string of the molecule is CNS(=O)(=O)c1ccc(CNc2cc(C)ccc2F)o1. The van der Waals surface area contributed by atoms with Crippen LogP contribution in [-0.4, -0.2) is 15.5 Å². The summed E-state index contributed by atoms with van der Waals surface area (Å²) < 4.78 is 43.9. The minimum atomic E-state index is -3.59. The van der Waals surface area contributed by atoms with Crippen molar-refractivity contribution in [3.8, 4) is 0 Å². The molecule has 0 spiro atoms. The van der Waals surface area contributed by atoms with E-state index in [1.54, 1.807) is 12.1 Å². The van der Waals surface area contributed by atoms with Gasteiger partial charge >= 0.3 is 0 Å². The molecule has 0 aliphatic carbocycles. The second-order valence-corrected chi connectivity index (χ2v) is 6.08. The summed E-state index contributed by atoms with van der Waals surface area (Å²) in [6, 6.07) is 7.60. The lowest BCUT2D eigenvalue weighted by Gasteiger charge is -2.06. The van der Waals surface area contributed by atoms with E-state index in [0.717, 1.165) is 5.56 Å². The lowest BCUT2D eigenvalue weighted by atomic mass is 10.2. The predicted molar refractivity (Wildman–Crippen MR) is 73.4 cm³/mol. The van der Waals surface area contributed by atoms with Crippen LogP contribution in [0.2, 0.25) is 0 Å². The Kier molecular flexibility index (Phi) is 4.10. The summed E-state index contributed by atoms with van der Waals surface area (Å²) in [4.78, 5) is 0.